The predicted molar refractivity (Wildman–Crippen MR) is 150 cm³/mol. The molecule has 0 bridgehead atoms. The first-order valence-electron chi connectivity index (χ1n) is 12.5. The van der Waals surface area contributed by atoms with Gasteiger partial charge < -0.3 is 23.2 Å². The molecule has 5 rings (SSSR count). The zero-order valence-corrected chi connectivity index (χ0v) is 22.5. The van der Waals surface area contributed by atoms with Crippen LogP contribution in [-0.2, 0) is 7.05 Å². The molecular weight excluding hydrogens is 482 g/mol. The molecule has 2 atom stereocenters. The number of hydrogen-bond acceptors (Lipinski definition) is 6. The van der Waals surface area contributed by atoms with Crippen LogP contribution < -0.4 is 25.4 Å². The van der Waals surface area contributed by atoms with Crippen LogP contribution in [0.5, 0.6) is 17.2 Å². The maximum atomic E-state index is 13.5. The van der Waals surface area contributed by atoms with E-state index < -0.39 is 11.2 Å². The van der Waals surface area contributed by atoms with Crippen molar-refractivity contribution in [1.29, 1.82) is 0 Å². The van der Waals surface area contributed by atoms with Crippen LogP contribution in [-0.4, -0.2) is 24.4 Å². The lowest BCUT2D eigenvalue weighted by Gasteiger charge is -2.38. The number of fused-ring (bicyclic) bond motifs is 4. The summed E-state index contributed by atoms with van der Waals surface area (Å²) < 4.78 is 25.1. The monoisotopic (exact) mass is 513 g/mol. The molecule has 38 heavy (non-hydrogen) atoms. The second kappa shape index (κ2) is 9.56. The molecule has 196 valence electrons. The molecule has 0 amide bonds. The molecule has 2 aromatic heterocycles. The Morgan fingerprint density at radius 2 is 1.79 bits per heavy atom. The standard InChI is InChI=1S/C31H31NO6/c1-18(2)15-19-17-31(3,38-29-20-9-7-8-10-23(20)32(4)30(34)27(19)29)14-13-22-25(36-6)16-24(35-5)21-11-12-26(33)37-28(21)22/h7-16,19H,17H2,1-6H3/t19-,31+/m1/s1. The molecule has 0 spiro atoms. The molecule has 7 nitrogen and oxygen atoms in total. The molecule has 4 aromatic rings. The molecule has 0 saturated carbocycles. The van der Waals surface area contributed by atoms with Crippen molar-refractivity contribution >= 4 is 27.9 Å². The van der Waals surface area contributed by atoms with Gasteiger partial charge in [-0.3, -0.25) is 4.79 Å². The normalized spacial score (nSPS) is 18.8. The van der Waals surface area contributed by atoms with E-state index in [-0.39, 0.29) is 11.5 Å². The second-order valence-electron chi connectivity index (χ2n) is 10.1. The molecular formula is C31H31NO6. The minimum atomic E-state index is -0.773. The van der Waals surface area contributed by atoms with Gasteiger partial charge in [-0.05, 0) is 51.1 Å². The Hall–Kier alpha value is -4.26. The fourth-order valence-corrected chi connectivity index (χ4v) is 5.34. The number of rotatable bonds is 5. The largest absolute Gasteiger partial charge is 0.496 e. The first-order valence-corrected chi connectivity index (χ1v) is 12.5. The summed E-state index contributed by atoms with van der Waals surface area (Å²) in [6.07, 6.45) is 6.49. The highest BCUT2D eigenvalue weighted by molar-refractivity contribution is 5.93. The number of aryl methyl sites for hydroxylation is 1. The third kappa shape index (κ3) is 4.28. The summed E-state index contributed by atoms with van der Waals surface area (Å²) in [4.78, 5) is 25.6. The third-order valence-corrected chi connectivity index (χ3v) is 7.07. The number of aromatic nitrogens is 1. The van der Waals surface area contributed by atoms with E-state index >= 15 is 0 Å². The Morgan fingerprint density at radius 1 is 1.05 bits per heavy atom. The van der Waals surface area contributed by atoms with Crippen molar-refractivity contribution in [2.45, 2.75) is 38.7 Å². The summed E-state index contributed by atoms with van der Waals surface area (Å²) >= 11 is 0. The van der Waals surface area contributed by atoms with Crippen LogP contribution in [0.15, 0.2) is 74.2 Å². The van der Waals surface area contributed by atoms with Crippen LogP contribution in [0.2, 0.25) is 0 Å². The van der Waals surface area contributed by atoms with Gasteiger partial charge in [-0.15, -0.1) is 0 Å². The number of hydrogen-bond donors (Lipinski definition) is 0. The second-order valence-corrected chi connectivity index (χ2v) is 10.1. The van der Waals surface area contributed by atoms with E-state index in [0.717, 1.165) is 16.5 Å². The van der Waals surface area contributed by atoms with Crippen LogP contribution in [0.25, 0.3) is 27.9 Å². The zero-order chi connectivity index (χ0) is 27.2. The quantitative estimate of drug-likeness (QED) is 0.242. The van der Waals surface area contributed by atoms with Crippen molar-refractivity contribution in [3.8, 4) is 17.2 Å². The van der Waals surface area contributed by atoms with Gasteiger partial charge in [0.15, 0.2) is 5.58 Å². The van der Waals surface area contributed by atoms with Crippen LogP contribution in [0, 0.1) is 0 Å². The van der Waals surface area contributed by atoms with Crippen molar-refractivity contribution < 1.29 is 18.6 Å². The van der Waals surface area contributed by atoms with Gasteiger partial charge in [0.2, 0.25) is 0 Å². The van der Waals surface area contributed by atoms with Crippen molar-refractivity contribution in [2.75, 3.05) is 14.2 Å². The van der Waals surface area contributed by atoms with Gasteiger partial charge in [0.1, 0.15) is 22.8 Å². The van der Waals surface area contributed by atoms with E-state index in [0.29, 0.717) is 45.8 Å². The summed E-state index contributed by atoms with van der Waals surface area (Å²) in [6, 6.07) is 12.6. The summed E-state index contributed by atoms with van der Waals surface area (Å²) in [5, 5.41) is 1.54. The highest BCUT2D eigenvalue weighted by atomic mass is 16.5. The summed E-state index contributed by atoms with van der Waals surface area (Å²) in [7, 11) is 4.91. The number of allylic oxidation sites excluding steroid dienone is 2. The Morgan fingerprint density at radius 3 is 2.50 bits per heavy atom. The van der Waals surface area contributed by atoms with Gasteiger partial charge in [-0.25, -0.2) is 4.79 Å². The Balaban J connectivity index is 1.71. The number of para-hydroxylation sites is 1. The minimum absolute atomic E-state index is 0.0585. The maximum Gasteiger partial charge on any atom is 0.336 e. The van der Waals surface area contributed by atoms with Crippen LogP contribution in [0.3, 0.4) is 0 Å². The van der Waals surface area contributed by atoms with Crippen LogP contribution in [0.1, 0.15) is 44.2 Å². The first-order chi connectivity index (χ1) is 18.2. The SMILES string of the molecule is COc1cc(OC)c2ccc(=O)oc2c1C=C[C@@]1(C)C[C@@H](C=C(C)C)c2c(c3ccccc3n(C)c2=O)O1. The van der Waals surface area contributed by atoms with Gasteiger partial charge in [0.05, 0.1) is 36.2 Å². The number of ether oxygens (including phenoxy) is 3. The molecule has 0 radical (unpaired) electrons. The highest BCUT2D eigenvalue weighted by Gasteiger charge is 2.38. The van der Waals surface area contributed by atoms with E-state index in [4.69, 9.17) is 18.6 Å². The molecule has 0 fully saturated rings. The smallest absolute Gasteiger partial charge is 0.336 e. The molecule has 0 N–H and O–H groups in total. The summed E-state index contributed by atoms with van der Waals surface area (Å²) in [5.41, 5.74) is 2.26. The van der Waals surface area contributed by atoms with Crippen molar-refractivity contribution in [3.05, 3.63) is 92.1 Å². The Kier molecular flexibility index (Phi) is 6.39. The number of methoxy groups -OCH3 is 2. The third-order valence-electron chi connectivity index (χ3n) is 7.07. The maximum absolute atomic E-state index is 13.5. The van der Waals surface area contributed by atoms with Crippen molar-refractivity contribution in [1.82, 2.24) is 4.57 Å². The van der Waals surface area contributed by atoms with Crippen LogP contribution in [0.4, 0.5) is 0 Å². The summed E-state index contributed by atoms with van der Waals surface area (Å²) in [6.45, 7) is 6.06. The predicted octanol–water partition coefficient (Wildman–Crippen LogP) is 5.97. The zero-order valence-electron chi connectivity index (χ0n) is 22.5. The molecule has 1 aliphatic heterocycles. The van der Waals surface area contributed by atoms with Gasteiger partial charge >= 0.3 is 5.63 Å². The van der Waals surface area contributed by atoms with Gasteiger partial charge in [0, 0.05) is 36.9 Å². The molecule has 3 heterocycles. The van der Waals surface area contributed by atoms with E-state index in [9.17, 15) is 9.59 Å². The number of pyridine rings is 1. The number of benzene rings is 2. The van der Waals surface area contributed by atoms with E-state index in [2.05, 4.69) is 6.08 Å². The van der Waals surface area contributed by atoms with Gasteiger partial charge in [-0.2, -0.15) is 0 Å². The molecule has 0 aliphatic carbocycles. The summed E-state index contributed by atoms with van der Waals surface area (Å²) in [5.74, 6) is 1.49. The average molecular weight is 514 g/mol. The molecule has 0 saturated heterocycles. The lowest BCUT2D eigenvalue weighted by Crippen LogP contribution is -2.39. The molecule has 2 aromatic carbocycles. The van der Waals surface area contributed by atoms with E-state index in [1.807, 2.05) is 57.2 Å². The lowest BCUT2D eigenvalue weighted by atomic mass is 9.81. The fraction of sp³-hybridized carbons (Fsp3) is 0.290. The molecule has 0 unspecified atom stereocenters. The van der Waals surface area contributed by atoms with Crippen molar-refractivity contribution in [3.63, 3.8) is 0 Å². The first kappa shape index (κ1) is 25.4. The topological polar surface area (TPSA) is 79.9 Å². The molecule has 1 aliphatic rings. The average Bonchev–Trinajstić information content (AvgIpc) is 2.89. The van der Waals surface area contributed by atoms with Crippen LogP contribution >= 0.6 is 0 Å². The Bertz CT molecular complexity index is 1740. The highest BCUT2D eigenvalue weighted by Crippen LogP contribution is 2.45. The minimum Gasteiger partial charge on any atom is -0.496 e. The van der Waals surface area contributed by atoms with Gasteiger partial charge in [-0.1, -0.05) is 23.8 Å². The number of nitrogens with zero attached hydrogens (tertiary/aromatic N) is 1. The van der Waals surface area contributed by atoms with E-state index in [1.165, 1.54) is 6.07 Å². The van der Waals surface area contributed by atoms with E-state index in [1.54, 1.807) is 38.0 Å². The Labute approximate surface area is 220 Å². The molecule has 7 heteroatoms. The van der Waals surface area contributed by atoms with Gasteiger partial charge in [0.25, 0.3) is 5.56 Å². The lowest BCUT2D eigenvalue weighted by molar-refractivity contribution is 0.110. The fourth-order valence-electron chi connectivity index (χ4n) is 5.34. The van der Waals surface area contributed by atoms with Crippen molar-refractivity contribution in [2.24, 2.45) is 7.05 Å².